The fourth-order valence-electron chi connectivity index (χ4n) is 3.58. The van der Waals surface area contributed by atoms with Gasteiger partial charge >= 0.3 is 0 Å². The third-order valence-electron chi connectivity index (χ3n) is 5.07. The Kier molecular flexibility index (Phi) is 4.31. The lowest BCUT2D eigenvalue weighted by molar-refractivity contribution is 0.471. The standard InChI is InChI=1S/C21H15Cl2FN4/c22-15-6-2-4-11-3-1-5-13(17(11)15)18-16(23)7-14-20(19(18)24)26-10-27-21(14)28-12-8-25-9-12/h1-7,10,12,25H,8-9H2,(H,26,27,28). The van der Waals surface area contributed by atoms with Crippen molar-refractivity contribution >= 4 is 50.7 Å². The molecule has 0 radical (unpaired) electrons. The lowest BCUT2D eigenvalue weighted by Gasteiger charge is -2.28. The van der Waals surface area contributed by atoms with Gasteiger partial charge in [-0.3, -0.25) is 0 Å². The minimum absolute atomic E-state index is 0.230. The molecule has 5 rings (SSSR count). The molecule has 4 aromatic rings. The highest BCUT2D eigenvalue weighted by atomic mass is 35.5. The summed E-state index contributed by atoms with van der Waals surface area (Å²) in [5.41, 5.74) is 1.17. The van der Waals surface area contributed by atoms with E-state index in [2.05, 4.69) is 20.6 Å². The van der Waals surface area contributed by atoms with E-state index < -0.39 is 5.82 Å². The van der Waals surface area contributed by atoms with Crippen LogP contribution in [0.1, 0.15) is 0 Å². The average Bonchev–Trinajstić information content (AvgIpc) is 2.65. The van der Waals surface area contributed by atoms with Crippen molar-refractivity contribution < 1.29 is 4.39 Å². The summed E-state index contributed by atoms with van der Waals surface area (Å²) in [5, 5.41) is 9.59. The van der Waals surface area contributed by atoms with Crippen LogP contribution in [0.3, 0.4) is 0 Å². The van der Waals surface area contributed by atoms with Gasteiger partial charge in [0.25, 0.3) is 0 Å². The molecule has 2 heterocycles. The molecule has 4 nitrogen and oxygen atoms in total. The second kappa shape index (κ2) is 6.85. The van der Waals surface area contributed by atoms with Crippen LogP contribution in [0, 0.1) is 5.82 Å². The molecule has 28 heavy (non-hydrogen) atoms. The first-order valence-electron chi connectivity index (χ1n) is 8.91. The molecule has 0 bridgehead atoms. The molecule has 0 spiro atoms. The second-order valence-electron chi connectivity index (χ2n) is 6.81. The molecule has 1 fully saturated rings. The Morgan fingerprint density at radius 1 is 1.04 bits per heavy atom. The Balaban J connectivity index is 1.76. The minimum Gasteiger partial charge on any atom is -0.364 e. The molecule has 1 saturated heterocycles. The van der Waals surface area contributed by atoms with Crippen LogP contribution in [0.25, 0.3) is 32.8 Å². The maximum Gasteiger partial charge on any atom is 0.158 e. The molecule has 1 aliphatic rings. The van der Waals surface area contributed by atoms with E-state index in [-0.39, 0.29) is 11.6 Å². The zero-order valence-corrected chi connectivity index (χ0v) is 16.2. The van der Waals surface area contributed by atoms with Crippen LogP contribution < -0.4 is 10.6 Å². The van der Waals surface area contributed by atoms with Crippen LogP contribution >= 0.6 is 23.2 Å². The first-order chi connectivity index (χ1) is 13.6. The van der Waals surface area contributed by atoms with E-state index >= 15 is 4.39 Å². The fraction of sp³-hybridized carbons (Fsp3) is 0.143. The zero-order chi connectivity index (χ0) is 19.3. The molecular weight excluding hydrogens is 398 g/mol. The molecule has 0 saturated carbocycles. The molecule has 1 aliphatic heterocycles. The lowest BCUT2D eigenvalue weighted by Crippen LogP contribution is -2.51. The maximum atomic E-state index is 15.6. The minimum atomic E-state index is -0.480. The molecule has 140 valence electrons. The number of fused-ring (bicyclic) bond motifs is 2. The van der Waals surface area contributed by atoms with Gasteiger partial charge in [-0.1, -0.05) is 53.5 Å². The summed E-state index contributed by atoms with van der Waals surface area (Å²) in [6.07, 6.45) is 1.37. The molecule has 2 N–H and O–H groups in total. The number of aromatic nitrogens is 2. The van der Waals surface area contributed by atoms with Gasteiger partial charge in [0.05, 0.1) is 11.1 Å². The van der Waals surface area contributed by atoms with E-state index in [0.29, 0.717) is 32.4 Å². The number of hydrogen-bond donors (Lipinski definition) is 2. The highest BCUT2D eigenvalue weighted by Gasteiger charge is 2.22. The summed E-state index contributed by atoms with van der Waals surface area (Å²) in [5.74, 6) is 0.104. The summed E-state index contributed by atoms with van der Waals surface area (Å²) in [6, 6.07) is 13.2. The van der Waals surface area contributed by atoms with Crippen LogP contribution in [0.2, 0.25) is 10.0 Å². The van der Waals surface area contributed by atoms with Crippen molar-refractivity contribution in [1.82, 2.24) is 15.3 Å². The van der Waals surface area contributed by atoms with Gasteiger partial charge in [-0.15, -0.1) is 0 Å². The molecule has 0 unspecified atom stereocenters. The molecular formula is C21H15Cl2FN4. The van der Waals surface area contributed by atoms with Gasteiger partial charge in [-0.2, -0.15) is 0 Å². The molecule has 3 aromatic carbocycles. The van der Waals surface area contributed by atoms with E-state index in [1.807, 2.05) is 30.3 Å². The van der Waals surface area contributed by atoms with Gasteiger partial charge in [0.2, 0.25) is 0 Å². The molecule has 0 aliphatic carbocycles. The first kappa shape index (κ1) is 17.6. The third kappa shape index (κ3) is 2.78. The van der Waals surface area contributed by atoms with Crippen molar-refractivity contribution in [3.8, 4) is 11.1 Å². The van der Waals surface area contributed by atoms with Crippen molar-refractivity contribution in [2.45, 2.75) is 6.04 Å². The number of rotatable bonds is 3. The highest BCUT2D eigenvalue weighted by Crippen LogP contribution is 2.41. The summed E-state index contributed by atoms with van der Waals surface area (Å²) >= 11 is 13.0. The van der Waals surface area contributed by atoms with Crippen LogP contribution in [0.5, 0.6) is 0 Å². The van der Waals surface area contributed by atoms with Crippen molar-refractivity contribution in [3.05, 3.63) is 64.7 Å². The number of anilines is 1. The number of nitrogens with zero attached hydrogens (tertiary/aromatic N) is 2. The smallest absolute Gasteiger partial charge is 0.158 e. The van der Waals surface area contributed by atoms with Crippen molar-refractivity contribution in [3.63, 3.8) is 0 Å². The second-order valence-corrected chi connectivity index (χ2v) is 7.62. The summed E-state index contributed by atoms with van der Waals surface area (Å²) in [6.45, 7) is 1.68. The zero-order valence-electron chi connectivity index (χ0n) is 14.6. The topological polar surface area (TPSA) is 49.8 Å². The number of benzene rings is 3. The largest absolute Gasteiger partial charge is 0.364 e. The third-order valence-corrected chi connectivity index (χ3v) is 5.68. The van der Waals surface area contributed by atoms with Crippen molar-refractivity contribution in [2.24, 2.45) is 0 Å². The van der Waals surface area contributed by atoms with E-state index in [1.54, 1.807) is 12.1 Å². The van der Waals surface area contributed by atoms with Gasteiger partial charge in [-0.25, -0.2) is 14.4 Å². The van der Waals surface area contributed by atoms with Crippen molar-refractivity contribution in [2.75, 3.05) is 18.4 Å². The predicted octanol–water partition coefficient (Wildman–Crippen LogP) is 5.28. The van der Waals surface area contributed by atoms with Crippen LogP contribution in [0.4, 0.5) is 10.2 Å². The van der Waals surface area contributed by atoms with Crippen LogP contribution in [-0.2, 0) is 0 Å². The van der Waals surface area contributed by atoms with Gasteiger partial charge in [-0.05, 0) is 23.1 Å². The van der Waals surface area contributed by atoms with Crippen LogP contribution in [-0.4, -0.2) is 29.1 Å². The quantitative estimate of drug-likeness (QED) is 0.480. The van der Waals surface area contributed by atoms with Crippen molar-refractivity contribution in [1.29, 1.82) is 0 Å². The molecule has 0 atom stereocenters. The Morgan fingerprint density at radius 3 is 2.57 bits per heavy atom. The number of halogens is 3. The molecule has 0 amide bonds. The van der Waals surface area contributed by atoms with E-state index in [0.717, 1.165) is 23.9 Å². The van der Waals surface area contributed by atoms with Crippen LogP contribution in [0.15, 0.2) is 48.8 Å². The normalized spacial score (nSPS) is 14.4. The highest BCUT2D eigenvalue weighted by molar-refractivity contribution is 6.38. The first-order valence-corrected chi connectivity index (χ1v) is 9.66. The van der Waals surface area contributed by atoms with Gasteiger partial charge in [0.15, 0.2) is 5.82 Å². The average molecular weight is 413 g/mol. The Hall–Kier alpha value is -2.47. The summed E-state index contributed by atoms with van der Waals surface area (Å²) in [7, 11) is 0. The van der Waals surface area contributed by atoms with Gasteiger partial charge in [0, 0.05) is 34.4 Å². The van der Waals surface area contributed by atoms with Gasteiger partial charge < -0.3 is 10.6 Å². The van der Waals surface area contributed by atoms with Gasteiger partial charge in [0.1, 0.15) is 17.7 Å². The summed E-state index contributed by atoms with van der Waals surface area (Å²) in [4.78, 5) is 8.47. The molecule has 7 heteroatoms. The maximum absolute atomic E-state index is 15.6. The lowest BCUT2D eigenvalue weighted by atomic mass is 9.96. The number of nitrogens with one attached hydrogen (secondary N) is 2. The Labute approximate surface area is 170 Å². The fourth-order valence-corrected chi connectivity index (χ4v) is 4.16. The summed E-state index contributed by atoms with van der Waals surface area (Å²) < 4.78 is 15.6. The molecule has 1 aromatic heterocycles. The Bertz CT molecular complexity index is 1220. The van der Waals surface area contributed by atoms with E-state index in [4.69, 9.17) is 23.2 Å². The predicted molar refractivity (Wildman–Crippen MR) is 113 cm³/mol. The van der Waals surface area contributed by atoms with E-state index in [9.17, 15) is 0 Å². The van der Waals surface area contributed by atoms with E-state index in [1.165, 1.54) is 6.33 Å². The SMILES string of the molecule is Fc1c(-c2cccc3cccc(Cl)c23)c(Cl)cc2c(NC3CNC3)ncnc12. The monoisotopic (exact) mass is 412 g/mol. The number of hydrogen-bond acceptors (Lipinski definition) is 4. The Morgan fingerprint density at radius 2 is 1.82 bits per heavy atom.